The van der Waals surface area contributed by atoms with E-state index in [9.17, 15) is 4.79 Å². The van der Waals surface area contributed by atoms with Gasteiger partial charge >= 0.3 is 0 Å². The van der Waals surface area contributed by atoms with Gasteiger partial charge in [-0.05, 0) is 18.2 Å². The van der Waals surface area contributed by atoms with E-state index >= 15 is 0 Å². The van der Waals surface area contributed by atoms with E-state index in [1.54, 1.807) is 6.08 Å². The van der Waals surface area contributed by atoms with E-state index in [-0.39, 0.29) is 5.91 Å². The average molecular weight is 186 g/mol. The molecule has 0 bridgehead atoms. The van der Waals surface area contributed by atoms with Crippen LogP contribution < -0.4 is 5.01 Å². The number of nitrogens with zero attached hydrogens (tertiary/aromatic N) is 2. The standard InChI is InChI=1S/C11H10N2O/c1-2-9-8-11(14)13(12-9)10-6-4-3-5-7-10/h2-7H,1,8H2. The third-order valence-corrected chi connectivity index (χ3v) is 2.03. The molecule has 1 aliphatic heterocycles. The number of carbonyl (C=O) groups excluding carboxylic acids is 1. The molecule has 0 aliphatic carbocycles. The van der Waals surface area contributed by atoms with E-state index in [1.165, 1.54) is 5.01 Å². The Kier molecular flexibility index (Phi) is 2.14. The Labute approximate surface area is 82.3 Å². The number of hydrogen-bond donors (Lipinski definition) is 0. The predicted octanol–water partition coefficient (Wildman–Crippen LogP) is 1.97. The van der Waals surface area contributed by atoms with Gasteiger partial charge < -0.3 is 0 Å². The molecule has 0 radical (unpaired) electrons. The highest BCUT2D eigenvalue weighted by Gasteiger charge is 2.22. The van der Waals surface area contributed by atoms with Crippen molar-refractivity contribution in [3.05, 3.63) is 43.0 Å². The first-order valence-electron chi connectivity index (χ1n) is 4.39. The minimum absolute atomic E-state index is 0.00824. The van der Waals surface area contributed by atoms with Gasteiger partial charge in [0.05, 0.1) is 17.8 Å². The molecule has 1 aliphatic rings. The van der Waals surface area contributed by atoms with Crippen LogP contribution in [0.25, 0.3) is 0 Å². The van der Waals surface area contributed by atoms with Crippen molar-refractivity contribution in [2.24, 2.45) is 5.10 Å². The summed E-state index contributed by atoms with van der Waals surface area (Å²) in [5.41, 5.74) is 1.52. The fourth-order valence-corrected chi connectivity index (χ4v) is 1.33. The predicted molar refractivity (Wildman–Crippen MR) is 56.2 cm³/mol. The highest BCUT2D eigenvalue weighted by molar-refractivity contribution is 6.16. The van der Waals surface area contributed by atoms with Crippen LogP contribution in [-0.2, 0) is 4.79 Å². The molecule has 0 spiro atoms. The number of hydrazone groups is 1. The summed E-state index contributed by atoms with van der Waals surface area (Å²) in [4.78, 5) is 11.5. The second-order valence-electron chi connectivity index (χ2n) is 3.01. The number of benzene rings is 1. The number of hydrogen-bond acceptors (Lipinski definition) is 2. The lowest BCUT2D eigenvalue weighted by Gasteiger charge is -2.10. The zero-order chi connectivity index (χ0) is 9.97. The van der Waals surface area contributed by atoms with Gasteiger partial charge in [0.1, 0.15) is 0 Å². The Hall–Kier alpha value is -1.90. The molecule has 0 unspecified atom stereocenters. The SMILES string of the molecule is C=CC1=NN(c2ccccc2)C(=O)C1. The summed E-state index contributed by atoms with van der Waals surface area (Å²) in [6, 6.07) is 9.37. The summed E-state index contributed by atoms with van der Waals surface area (Å²) in [7, 11) is 0. The van der Waals surface area contributed by atoms with Crippen LogP contribution in [0.4, 0.5) is 5.69 Å². The lowest BCUT2D eigenvalue weighted by molar-refractivity contribution is -0.116. The van der Waals surface area contributed by atoms with Gasteiger partial charge in [-0.15, -0.1) is 0 Å². The molecule has 0 atom stereocenters. The van der Waals surface area contributed by atoms with Gasteiger partial charge in [0.2, 0.25) is 0 Å². The van der Waals surface area contributed by atoms with Crippen molar-refractivity contribution in [3.63, 3.8) is 0 Å². The van der Waals surface area contributed by atoms with E-state index in [4.69, 9.17) is 0 Å². The molecule has 0 saturated heterocycles. The summed E-state index contributed by atoms with van der Waals surface area (Å²) < 4.78 is 0. The molecule has 0 fully saturated rings. The van der Waals surface area contributed by atoms with E-state index in [0.717, 1.165) is 11.4 Å². The average Bonchev–Trinajstić information content (AvgIpc) is 2.61. The lowest BCUT2D eigenvalue weighted by Crippen LogP contribution is -2.19. The van der Waals surface area contributed by atoms with Crippen LogP contribution in [-0.4, -0.2) is 11.6 Å². The Morgan fingerprint density at radius 2 is 2.07 bits per heavy atom. The number of para-hydroxylation sites is 1. The van der Waals surface area contributed by atoms with E-state index in [0.29, 0.717) is 6.42 Å². The van der Waals surface area contributed by atoms with E-state index in [2.05, 4.69) is 11.7 Å². The largest absolute Gasteiger partial charge is 0.272 e. The second-order valence-corrected chi connectivity index (χ2v) is 3.01. The molecular formula is C11H10N2O. The van der Waals surface area contributed by atoms with Crippen molar-refractivity contribution in [1.29, 1.82) is 0 Å². The number of allylic oxidation sites excluding steroid dienone is 1. The highest BCUT2D eigenvalue weighted by Crippen LogP contribution is 2.19. The molecule has 14 heavy (non-hydrogen) atoms. The number of carbonyl (C=O) groups is 1. The normalized spacial score (nSPS) is 15.6. The molecule has 0 aromatic heterocycles. The third kappa shape index (κ3) is 1.44. The highest BCUT2D eigenvalue weighted by atomic mass is 16.2. The zero-order valence-electron chi connectivity index (χ0n) is 7.68. The Bertz CT molecular complexity index is 395. The maximum atomic E-state index is 11.5. The molecule has 1 aromatic carbocycles. The third-order valence-electron chi connectivity index (χ3n) is 2.03. The fourth-order valence-electron chi connectivity index (χ4n) is 1.33. The fraction of sp³-hybridized carbons (Fsp3) is 0.0909. The topological polar surface area (TPSA) is 32.7 Å². The molecule has 70 valence electrons. The Morgan fingerprint density at radius 3 is 2.64 bits per heavy atom. The van der Waals surface area contributed by atoms with Gasteiger partial charge in [0, 0.05) is 0 Å². The van der Waals surface area contributed by atoms with Gasteiger partial charge in [0.25, 0.3) is 5.91 Å². The maximum Gasteiger partial charge on any atom is 0.253 e. The van der Waals surface area contributed by atoms with Crippen molar-refractivity contribution in [2.45, 2.75) is 6.42 Å². The van der Waals surface area contributed by atoms with Crippen LogP contribution in [0.3, 0.4) is 0 Å². The summed E-state index contributed by atoms with van der Waals surface area (Å²) in [6.07, 6.45) is 1.96. The van der Waals surface area contributed by atoms with Crippen LogP contribution in [0.15, 0.2) is 48.1 Å². The van der Waals surface area contributed by atoms with Crippen molar-refractivity contribution in [1.82, 2.24) is 0 Å². The molecular weight excluding hydrogens is 176 g/mol. The number of anilines is 1. The van der Waals surface area contributed by atoms with E-state index in [1.807, 2.05) is 30.3 Å². The van der Waals surface area contributed by atoms with E-state index < -0.39 is 0 Å². The van der Waals surface area contributed by atoms with Gasteiger partial charge in [-0.2, -0.15) is 5.10 Å². The maximum absolute atomic E-state index is 11.5. The minimum Gasteiger partial charge on any atom is -0.272 e. The molecule has 1 aromatic rings. The molecule has 0 N–H and O–H groups in total. The number of rotatable bonds is 2. The molecule has 2 rings (SSSR count). The molecule has 3 heteroatoms. The van der Waals surface area contributed by atoms with Gasteiger partial charge in [0.15, 0.2) is 0 Å². The van der Waals surface area contributed by atoms with Crippen LogP contribution >= 0.6 is 0 Å². The zero-order valence-corrected chi connectivity index (χ0v) is 7.68. The molecule has 3 nitrogen and oxygen atoms in total. The number of amides is 1. The van der Waals surface area contributed by atoms with Crippen LogP contribution in [0.2, 0.25) is 0 Å². The molecule has 1 heterocycles. The first-order valence-corrected chi connectivity index (χ1v) is 4.39. The van der Waals surface area contributed by atoms with Crippen LogP contribution in [0, 0.1) is 0 Å². The summed E-state index contributed by atoms with van der Waals surface area (Å²) in [5.74, 6) is -0.00824. The van der Waals surface area contributed by atoms with Gasteiger partial charge in [-0.1, -0.05) is 24.8 Å². The summed E-state index contributed by atoms with van der Waals surface area (Å²) >= 11 is 0. The van der Waals surface area contributed by atoms with Crippen molar-refractivity contribution in [3.8, 4) is 0 Å². The first-order chi connectivity index (χ1) is 6.81. The van der Waals surface area contributed by atoms with Crippen molar-refractivity contribution >= 4 is 17.3 Å². The molecule has 0 saturated carbocycles. The Balaban J connectivity index is 2.32. The smallest absolute Gasteiger partial charge is 0.253 e. The minimum atomic E-state index is -0.00824. The van der Waals surface area contributed by atoms with Crippen LogP contribution in [0.1, 0.15) is 6.42 Å². The van der Waals surface area contributed by atoms with Gasteiger partial charge in [-0.25, -0.2) is 5.01 Å². The van der Waals surface area contributed by atoms with Crippen LogP contribution in [0.5, 0.6) is 0 Å². The Morgan fingerprint density at radius 1 is 1.36 bits per heavy atom. The summed E-state index contributed by atoms with van der Waals surface area (Å²) in [6.45, 7) is 3.60. The quantitative estimate of drug-likeness (QED) is 0.695. The molecule has 1 amide bonds. The lowest BCUT2D eigenvalue weighted by atomic mass is 10.2. The summed E-state index contributed by atoms with van der Waals surface area (Å²) in [5, 5.41) is 5.55. The van der Waals surface area contributed by atoms with Gasteiger partial charge in [-0.3, -0.25) is 4.79 Å². The van der Waals surface area contributed by atoms with Crippen molar-refractivity contribution in [2.75, 3.05) is 5.01 Å². The second kappa shape index (κ2) is 3.46. The monoisotopic (exact) mass is 186 g/mol. The first kappa shape index (κ1) is 8.69. The van der Waals surface area contributed by atoms with Crippen molar-refractivity contribution < 1.29 is 4.79 Å².